The van der Waals surface area contributed by atoms with E-state index in [0.29, 0.717) is 6.42 Å². The average Bonchev–Trinajstić information content (AvgIpc) is 3.20. The van der Waals surface area contributed by atoms with Gasteiger partial charge in [0, 0.05) is 6.42 Å². The van der Waals surface area contributed by atoms with Gasteiger partial charge in [-0.15, -0.1) is 0 Å². The number of aliphatic hydroxyl groups excluding tert-OH is 5. The number of unbranched alkanes of at least 4 members (excludes halogenated alkanes) is 15. The molecule has 1 aliphatic rings. The lowest BCUT2D eigenvalue weighted by molar-refractivity contribution is -0.302. The molecule has 56 heavy (non-hydrogen) atoms. The van der Waals surface area contributed by atoms with Crippen molar-refractivity contribution in [3.63, 3.8) is 0 Å². The first-order valence-electron chi connectivity index (χ1n) is 22.2. The molecule has 9 nitrogen and oxygen atoms in total. The fourth-order valence-electron chi connectivity index (χ4n) is 6.45. The van der Waals surface area contributed by atoms with Crippen molar-refractivity contribution >= 4 is 5.91 Å². The van der Waals surface area contributed by atoms with Gasteiger partial charge in [0.1, 0.15) is 24.4 Å². The highest BCUT2D eigenvalue weighted by molar-refractivity contribution is 5.76. The molecule has 0 saturated carbocycles. The Labute approximate surface area is 340 Å². The van der Waals surface area contributed by atoms with Crippen molar-refractivity contribution in [3.8, 4) is 0 Å². The van der Waals surface area contributed by atoms with Crippen LogP contribution in [-0.2, 0) is 14.3 Å². The van der Waals surface area contributed by atoms with Crippen molar-refractivity contribution < 1.29 is 39.8 Å². The minimum Gasteiger partial charge on any atom is -0.394 e. The van der Waals surface area contributed by atoms with Crippen LogP contribution in [0.2, 0.25) is 0 Å². The molecule has 1 fully saturated rings. The van der Waals surface area contributed by atoms with Gasteiger partial charge >= 0.3 is 0 Å². The molecule has 7 atom stereocenters. The zero-order valence-electron chi connectivity index (χ0n) is 35.1. The molecule has 0 bridgehead atoms. The molecule has 322 valence electrons. The van der Waals surface area contributed by atoms with E-state index in [0.717, 1.165) is 57.8 Å². The second-order valence-electron chi connectivity index (χ2n) is 15.1. The third kappa shape index (κ3) is 27.3. The maximum absolute atomic E-state index is 12.9. The summed E-state index contributed by atoms with van der Waals surface area (Å²) in [7, 11) is 0. The largest absolute Gasteiger partial charge is 0.394 e. The van der Waals surface area contributed by atoms with Crippen LogP contribution in [-0.4, -0.2) is 87.5 Å². The smallest absolute Gasteiger partial charge is 0.220 e. The lowest BCUT2D eigenvalue weighted by Crippen LogP contribution is -2.60. The van der Waals surface area contributed by atoms with Gasteiger partial charge in [-0.1, -0.05) is 157 Å². The van der Waals surface area contributed by atoms with Gasteiger partial charge in [-0.05, 0) is 70.6 Å². The maximum Gasteiger partial charge on any atom is 0.220 e. The summed E-state index contributed by atoms with van der Waals surface area (Å²) in [5, 5.41) is 54.1. The van der Waals surface area contributed by atoms with Gasteiger partial charge in [0.15, 0.2) is 6.29 Å². The zero-order chi connectivity index (χ0) is 40.9. The standard InChI is InChI=1S/C47H81NO8/c1-3-5-7-9-11-13-15-17-19-20-21-23-24-26-28-30-32-34-36-41(50)40(39-55-47-46(54)45(53)44(52)42(38-49)56-47)48-43(51)37-35-33-31-29-27-25-22-18-16-14-12-10-8-6-4-2/h6,8,12,14,18,22,26-29,34,36,40-42,44-47,49-50,52-54H,3-5,7,9-11,13,15-17,19-21,23-25,30-33,35,37-39H2,1-2H3,(H,48,51)/b8-6-,14-12-,22-18-,28-26+,29-27-,36-34+. The fraction of sp³-hybridized carbons (Fsp3) is 0.723. The van der Waals surface area contributed by atoms with E-state index in [2.05, 4.69) is 79.9 Å². The number of aliphatic hydroxyl groups is 5. The predicted molar refractivity (Wildman–Crippen MR) is 230 cm³/mol. The molecule has 9 heteroatoms. The van der Waals surface area contributed by atoms with Crippen molar-refractivity contribution in [3.05, 3.63) is 72.9 Å². The molecule has 1 saturated heterocycles. The number of carbonyl (C=O) groups excluding carboxylic acids is 1. The van der Waals surface area contributed by atoms with Crippen LogP contribution in [0.3, 0.4) is 0 Å². The molecule has 1 aliphatic heterocycles. The SMILES string of the molecule is CC/C=C\C/C=C\C/C=C\C/C=C\CCCCC(=O)NC(COC1OC(CO)C(O)C(O)C1O)C(O)/C=C/CC/C=C/CCCCCCCCCCCCCC. The van der Waals surface area contributed by atoms with Gasteiger partial charge in [-0.2, -0.15) is 0 Å². The summed E-state index contributed by atoms with van der Waals surface area (Å²) in [5.74, 6) is -0.231. The molecule has 6 N–H and O–H groups in total. The van der Waals surface area contributed by atoms with E-state index in [1.165, 1.54) is 77.0 Å². The van der Waals surface area contributed by atoms with E-state index in [1.807, 2.05) is 6.08 Å². The summed E-state index contributed by atoms with van der Waals surface area (Å²) >= 11 is 0. The normalized spacial score (nSPS) is 21.9. The third-order valence-electron chi connectivity index (χ3n) is 10.0. The number of carbonyl (C=O) groups is 1. The summed E-state index contributed by atoms with van der Waals surface area (Å²) in [6.07, 6.45) is 42.3. The lowest BCUT2D eigenvalue weighted by atomic mass is 9.99. The topological polar surface area (TPSA) is 149 Å². The summed E-state index contributed by atoms with van der Waals surface area (Å²) in [6.45, 7) is 3.60. The highest BCUT2D eigenvalue weighted by Gasteiger charge is 2.44. The molecule has 1 heterocycles. The number of nitrogens with one attached hydrogen (secondary N) is 1. The summed E-state index contributed by atoms with van der Waals surface area (Å²) < 4.78 is 11.2. The minimum absolute atomic E-state index is 0.221. The summed E-state index contributed by atoms with van der Waals surface area (Å²) in [6, 6.07) is -0.846. The number of rotatable bonds is 35. The minimum atomic E-state index is -1.58. The second kappa shape index (κ2) is 36.9. The second-order valence-corrected chi connectivity index (χ2v) is 15.1. The monoisotopic (exact) mass is 788 g/mol. The van der Waals surface area contributed by atoms with Crippen LogP contribution >= 0.6 is 0 Å². The van der Waals surface area contributed by atoms with E-state index in [1.54, 1.807) is 6.08 Å². The van der Waals surface area contributed by atoms with Gasteiger partial charge in [0.05, 0.1) is 25.4 Å². The number of allylic oxidation sites excluding steroid dienone is 11. The van der Waals surface area contributed by atoms with Crippen LogP contribution in [0.5, 0.6) is 0 Å². The highest BCUT2D eigenvalue weighted by atomic mass is 16.7. The Kier molecular flexibility index (Phi) is 34.1. The molecule has 0 aromatic rings. The van der Waals surface area contributed by atoms with Crippen molar-refractivity contribution in [1.29, 1.82) is 0 Å². The van der Waals surface area contributed by atoms with Gasteiger partial charge in [0.2, 0.25) is 5.91 Å². The molecule has 0 aromatic carbocycles. The van der Waals surface area contributed by atoms with E-state index >= 15 is 0 Å². The lowest BCUT2D eigenvalue weighted by Gasteiger charge is -2.40. The van der Waals surface area contributed by atoms with Gasteiger partial charge in [-0.3, -0.25) is 4.79 Å². The van der Waals surface area contributed by atoms with Crippen molar-refractivity contribution in [1.82, 2.24) is 5.32 Å². The van der Waals surface area contributed by atoms with Crippen molar-refractivity contribution in [2.45, 2.75) is 204 Å². The first-order chi connectivity index (χ1) is 27.3. The van der Waals surface area contributed by atoms with E-state index < -0.39 is 49.5 Å². The quantitative estimate of drug-likeness (QED) is 0.0276. The van der Waals surface area contributed by atoms with Crippen molar-refractivity contribution in [2.75, 3.05) is 13.2 Å². The molecule has 7 unspecified atom stereocenters. The number of amides is 1. The van der Waals surface area contributed by atoms with Crippen LogP contribution in [0.15, 0.2) is 72.9 Å². The highest BCUT2D eigenvalue weighted by Crippen LogP contribution is 2.22. The zero-order valence-corrected chi connectivity index (χ0v) is 35.1. The Morgan fingerprint density at radius 2 is 1.12 bits per heavy atom. The number of hydrogen-bond donors (Lipinski definition) is 6. The Morgan fingerprint density at radius 3 is 1.71 bits per heavy atom. The van der Waals surface area contributed by atoms with Gasteiger partial charge in [-0.25, -0.2) is 0 Å². The first-order valence-corrected chi connectivity index (χ1v) is 22.2. The van der Waals surface area contributed by atoms with Gasteiger partial charge in [0.25, 0.3) is 0 Å². The molecule has 0 radical (unpaired) electrons. The van der Waals surface area contributed by atoms with Crippen LogP contribution in [0.25, 0.3) is 0 Å². The average molecular weight is 788 g/mol. The Hall–Kier alpha value is -2.37. The Bertz CT molecular complexity index is 1100. The van der Waals surface area contributed by atoms with E-state index in [9.17, 15) is 30.3 Å². The molecule has 1 rings (SSSR count). The molecule has 0 aliphatic carbocycles. The first kappa shape index (κ1) is 51.6. The summed E-state index contributed by atoms with van der Waals surface area (Å²) in [5.41, 5.74) is 0. The van der Waals surface area contributed by atoms with E-state index in [-0.39, 0.29) is 18.9 Å². The van der Waals surface area contributed by atoms with Crippen LogP contribution in [0.4, 0.5) is 0 Å². The molecular formula is C47H81NO8. The van der Waals surface area contributed by atoms with Crippen molar-refractivity contribution in [2.24, 2.45) is 0 Å². The third-order valence-corrected chi connectivity index (χ3v) is 10.0. The number of hydrogen-bond acceptors (Lipinski definition) is 8. The van der Waals surface area contributed by atoms with Crippen LogP contribution in [0.1, 0.15) is 162 Å². The number of ether oxygens (including phenoxy) is 2. The summed E-state index contributed by atoms with van der Waals surface area (Å²) in [4.78, 5) is 12.9. The molecule has 1 amide bonds. The van der Waals surface area contributed by atoms with Crippen LogP contribution in [0, 0.1) is 0 Å². The molecule has 0 aromatic heterocycles. The Balaban J connectivity index is 2.45. The molecule has 0 spiro atoms. The van der Waals surface area contributed by atoms with Gasteiger partial charge < -0.3 is 40.3 Å². The predicted octanol–water partition coefficient (Wildman–Crippen LogP) is 9.00. The molecular weight excluding hydrogens is 707 g/mol. The fourth-order valence-corrected chi connectivity index (χ4v) is 6.45. The Morgan fingerprint density at radius 1 is 0.625 bits per heavy atom. The van der Waals surface area contributed by atoms with E-state index in [4.69, 9.17) is 9.47 Å². The maximum atomic E-state index is 12.9. The van der Waals surface area contributed by atoms with Crippen LogP contribution < -0.4 is 5.32 Å².